The first kappa shape index (κ1) is 9.62. The van der Waals surface area contributed by atoms with Crippen molar-refractivity contribution in [2.24, 2.45) is 4.99 Å². The number of aliphatic imine (C=N–C) groups is 1. The maximum atomic E-state index is 10.5. The molecule has 11 heavy (non-hydrogen) atoms. The number of nitrogens with one attached hydrogen (secondary N) is 1. The van der Waals surface area contributed by atoms with Gasteiger partial charge >= 0.3 is 0 Å². The summed E-state index contributed by atoms with van der Waals surface area (Å²) in [5, 5.41) is 2.53. The van der Waals surface area contributed by atoms with Crippen LogP contribution in [0.25, 0.3) is 0 Å². The number of rotatable bonds is 2. The summed E-state index contributed by atoms with van der Waals surface area (Å²) in [7, 11) is 0. The highest BCUT2D eigenvalue weighted by atomic mass is 16.1. The Kier molecular flexibility index (Phi) is 4.73. The molecule has 0 rings (SSSR count). The van der Waals surface area contributed by atoms with Gasteiger partial charge in [0.25, 0.3) is 0 Å². The molecule has 1 amide bonds. The molecule has 0 fully saturated rings. The van der Waals surface area contributed by atoms with Gasteiger partial charge < -0.3 is 5.32 Å². The van der Waals surface area contributed by atoms with Gasteiger partial charge in [-0.05, 0) is 13.0 Å². The molecule has 1 N–H and O–H groups in total. The molecule has 0 aliphatic rings. The van der Waals surface area contributed by atoms with E-state index in [0.717, 1.165) is 0 Å². The van der Waals surface area contributed by atoms with E-state index >= 15 is 0 Å². The molecule has 0 aromatic rings. The van der Waals surface area contributed by atoms with E-state index in [4.69, 9.17) is 0 Å². The highest BCUT2D eigenvalue weighted by Gasteiger charge is 1.93. The number of amidine groups is 1. The lowest BCUT2D eigenvalue weighted by molar-refractivity contribution is -0.117. The smallest absolute Gasteiger partial charge is 0.222 e. The molecule has 3 nitrogen and oxygen atoms in total. The number of carbonyl (C=O) groups excluding carboxylic acids is 1. The lowest BCUT2D eigenvalue weighted by Crippen LogP contribution is -2.26. The molecule has 0 heterocycles. The fourth-order valence-electron chi connectivity index (χ4n) is 0.554. The zero-order valence-electron chi connectivity index (χ0n) is 6.79. The van der Waals surface area contributed by atoms with E-state index in [1.807, 2.05) is 6.92 Å². The van der Waals surface area contributed by atoms with Crippen LogP contribution in [0.15, 0.2) is 29.9 Å². The standard InChI is InChI=1S/C8H12N2O/c1-4-6-8(9-5-2)10-7(3)11/h4-6H,2H2,1,3H3,(H,9,10,11)/b6-4-. The Labute approximate surface area is 66.5 Å². The lowest BCUT2D eigenvalue weighted by Gasteiger charge is -1.98. The van der Waals surface area contributed by atoms with Crippen LogP contribution in [0.4, 0.5) is 0 Å². The van der Waals surface area contributed by atoms with Gasteiger partial charge in [0.2, 0.25) is 5.91 Å². The maximum Gasteiger partial charge on any atom is 0.222 e. The lowest BCUT2D eigenvalue weighted by atomic mass is 10.4. The van der Waals surface area contributed by atoms with Crippen LogP contribution in [-0.4, -0.2) is 11.7 Å². The quantitative estimate of drug-likeness (QED) is 0.469. The van der Waals surface area contributed by atoms with Gasteiger partial charge in [0, 0.05) is 13.1 Å². The summed E-state index contributed by atoms with van der Waals surface area (Å²) in [6.45, 7) is 6.70. The van der Waals surface area contributed by atoms with Crippen LogP contribution in [0.3, 0.4) is 0 Å². The van der Waals surface area contributed by atoms with Gasteiger partial charge in [-0.15, -0.1) is 0 Å². The fraction of sp³-hybridized carbons (Fsp3) is 0.250. The third-order valence-corrected chi connectivity index (χ3v) is 0.859. The first-order chi connectivity index (χ1) is 5.20. The van der Waals surface area contributed by atoms with E-state index < -0.39 is 0 Å². The summed E-state index contributed by atoms with van der Waals surface area (Å²) in [6, 6.07) is 0. The van der Waals surface area contributed by atoms with Crippen molar-refractivity contribution in [2.75, 3.05) is 0 Å². The first-order valence-electron chi connectivity index (χ1n) is 3.29. The van der Waals surface area contributed by atoms with Gasteiger partial charge in [-0.3, -0.25) is 4.79 Å². The van der Waals surface area contributed by atoms with Crippen LogP contribution in [0, 0.1) is 0 Å². The van der Waals surface area contributed by atoms with E-state index in [-0.39, 0.29) is 5.91 Å². The summed E-state index contributed by atoms with van der Waals surface area (Å²) in [5.41, 5.74) is 0. The molecule has 0 aliphatic heterocycles. The molecule has 0 saturated heterocycles. The predicted octanol–water partition coefficient (Wildman–Crippen LogP) is 1.24. The molecule has 60 valence electrons. The molecule has 0 spiro atoms. The Hall–Kier alpha value is -1.38. The van der Waals surface area contributed by atoms with Crippen LogP contribution in [0.2, 0.25) is 0 Å². The molecular weight excluding hydrogens is 140 g/mol. The fourth-order valence-corrected chi connectivity index (χ4v) is 0.554. The van der Waals surface area contributed by atoms with Gasteiger partial charge in [0.05, 0.1) is 0 Å². The Morgan fingerprint density at radius 3 is 2.64 bits per heavy atom. The molecule has 0 aromatic carbocycles. The van der Waals surface area contributed by atoms with Crippen LogP contribution in [-0.2, 0) is 4.79 Å². The van der Waals surface area contributed by atoms with E-state index in [2.05, 4.69) is 16.9 Å². The van der Waals surface area contributed by atoms with Gasteiger partial charge in [-0.1, -0.05) is 12.7 Å². The summed E-state index contributed by atoms with van der Waals surface area (Å²) < 4.78 is 0. The van der Waals surface area contributed by atoms with E-state index in [1.54, 1.807) is 12.2 Å². The number of allylic oxidation sites excluding steroid dienone is 1. The van der Waals surface area contributed by atoms with Gasteiger partial charge in [0.15, 0.2) is 0 Å². The van der Waals surface area contributed by atoms with Gasteiger partial charge in [-0.2, -0.15) is 0 Å². The molecule has 0 saturated carbocycles. The summed E-state index contributed by atoms with van der Waals surface area (Å²) in [6.07, 6.45) is 4.87. The van der Waals surface area contributed by atoms with Crippen molar-refractivity contribution < 1.29 is 4.79 Å². The number of nitrogens with zero attached hydrogens (tertiary/aromatic N) is 1. The normalized spacial score (nSPS) is 11.6. The number of hydrogen-bond acceptors (Lipinski definition) is 2. The largest absolute Gasteiger partial charge is 0.311 e. The first-order valence-corrected chi connectivity index (χ1v) is 3.29. The van der Waals surface area contributed by atoms with Gasteiger partial charge in [-0.25, -0.2) is 4.99 Å². The second kappa shape index (κ2) is 5.41. The van der Waals surface area contributed by atoms with Crippen LogP contribution in [0.1, 0.15) is 13.8 Å². The maximum absolute atomic E-state index is 10.5. The minimum absolute atomic E-state index is 0.135. The van der Waals surface area contributed by atoms with Crippen LogP contribution < -0.4 is 5.32 Å². The van der Waals surface area contributed by atoms with Crippen molar-refractivity contribution in [3.8, 4) is 0 Å². The Morgan fingerprint density at radius 1 is 1.64 bits per heavy atom. The van der Waals surface area contributed by atoms with Crippen LogP contribution >= 0.6 is 0 Å². The zero-order chi connectivity index (χ0) is 8.69. The third kappa shape index (κ3) is 5.08. The Morgan fingerprint density at radius 2 is 2.27 bits per heavy atom. The zero-order valence-corrected chi connectivity index (χ0v) is 6.79. The Bertz CT molecular complexity index is 204. The number of carbonyl (C=O) groups is 1. The second-order valence-corrected chi connectivity index (χ2v) is 1.88. The highest BCUT2D eigenvalue weighted by Crippen LogP contribution is 1.79. The van der Waals surface area contributed by atoms with Gasteiger partial charge in [0.1, 0.15) is 5.84 Å². The van der Waals surface area contributed by atoms with E-state index in [9.17, 15) is 4.79 Å². The monoisotopic (exact) mass is 152 g/mol. The van der Waals surface area contributed by atoms with Crippen molar-refractivity contribution in [3.05, 3.63) is 24.9 Å². The summed E-state index contributed by atoms with van der Waals surface area (Å²) in [4.78, 5) is 14.4. The molecule has 0 aromatic heterocycles. The number of hydrogen-bond donors (Lipinski definition) is 1. The van der Waals surface area contributed by atoms with Crippen LogP contribution in [0.5, 0.6) is 0 Å². The molecule has 0 bridgehead atoms. The number of amides is 1. The molecule has 0 unspecified atom stereocenters. The SMILES string of the molecule is C=CN=C(/C=C\C)NC(C)=O. The summed E-state index contributed by atoms with van der Waals surface area (Å²) >= 11 is 0. The molecular formula is C8H12N2O. The van der Waals surface area contributed by atoms with Crippen molar-refractivity contribution >= 4 is 11.7 Å². The highest BCUT2D eigenvalue weighted by molar-refractivity contribution is 6.03. The summed E-state index contributed by atoms with van der Waals surface area (Å²) in [5.74, 6) is 0.374. The van der Waals surface area contributed by atoms with Crippen molar-refractivity contribution in [3.63, 3.8) is 0 Å². The van der Waals surface area contributed by atoms with Crippen molar-refractivity contribution in [1.29, 1.82) is 0 Å². The molecule has 0 atom stereocenters. The Balaban J connectivity index is 4.22. The van der Waals surface area contributed by atoms with E-state index in [1.165, 1.54) is 13.1 Å². The average Bonchev–Trinajstić information content (AvgIpc) is 1.87. The average molecular weight is 152 g/mol. The van der Waals surface area contributed by atoms with E-state index in [0.29, 0.717) is 5.84 Å². The predicted molar refractivity (Wildman–Crippen MR) is 46.3 cm³/mol. The van der Waals surface area contributed by atoms with Crippen molar-refractivity contribution in [1.82, 2.24) is 5.32 Å². The third-order valence-electron chi connectivity index (χ3n) is 0.859. The second-order valence-electron chi connectivity index (χ2n) is 1.88. The molecule has 0 aliphatic carbocycles. The van der Waals surface area contributed by atoms with Crippen molar-refractivity contribution in [2.45, 2.75) is 13.8 Å². The molecule has 0 radical (unpaired) electrons. The minimum Gasteiger partial charge on any atom is -0.311 e. The topological polar surface area (TPSA) is 41.5 Å². The minimum atomic E-state index is -0.135. The molecule has 3 heteroatoms.